The molecular formula is C23H14BrClO5. The van der Waals surface area contributed by atoms with Gasteiger partial charge in [-0.25, -0.2) is 4.79 Å². The summed E-state index contributed by atoms with van der Waals surface area (Å²) in [5, 5.41) is -0.0841. The van der Waals surface area contributed by atoms with Gasteiger partial charge in [-0.15, -0.1) is 0 Å². The number of carbonyl (C=O) groups is 3. The number of benzene rings is 3. The van der Waals surface area contributed by atoms with Gasteiger partial charge in [0.25, 0.3) is 0 Å². The highest BCUT2D eigenvalue weighted by Crippen LogP contribution is 2.34. The molecule has 0 heterocycles. The Morgan fingerprint density at radius 1 is 0.833 bits per heavy atom. The van der Waals surface area contributed by atoms with E-state index in [9.17, 15) is 14.4 Å². The monoisotopic (exact) mass is 484 g/mol. The second-order valence-corrected chi connectivity index (χ2v) is 7.79. The first-order valence-electron chi connectivity index (χ1n) is 9.04. The molecule has 0 saturated carbocycles. The second-order valence-electron chi connectivity index (χ2n) is 6.49. The maximum atomic E-state index is 12.9. The lowest BCUT2D eigenvalue weighted by Crippen LogP contribution is -2.22. The predicted octanol–water partition coefficient (Wildman–Crippen LogP) is 5.11. The number of esters is 1. The smallest absolute Gasteiger partial charge is 0.339 e. The topological polar surface area (TPSA) is 69.7 Å². The molecule has 7 heteroatoms. The Morgan fingerprint density at radius 3 is 2.20 bits per heavy atom. The zero-order valence-electron chi connectivity index (χ0n) is 15.5. The van der Waals surface area contributed by atoms with E-state index in [1.807, 2.05) is 12.1 Å². The van der Waals surface area contributed by atoms with Gasteiger partial charge in [-0.05, 0) is 36.4 Å². The molecule has 0 fully saturated rings. The molecule has 0 spiro atoms. The van der Waals surface area contributed by atoms with Crippen LogP contribution < -0.4 is 4.74 Å². The molecule has 0 bridgehead atoms. The Bertz CT molecular complexity index is 1170. The van der Waals surface area contributed by atoms with Crippen LogP contribution >= 0.6 is 27.5 Å². The number of hydrogen-bond donors (Lipinski definition) is 0. The Labute approximate surface area is 185 Å². The van der Waals surface area contributed by atoms with Crippen LogP contribution in [0.2, 0.25) is 5.02 Å². The molecule has 3 aromatic carbocycles. The molecule has 1 aliphatic carbocycles. The molecule has 0 unspecified atom stereocenters. The summed E-state index contributed by atoms with van der Waals surface area (Å²) in [5.41, 5.74) is 0.830. The minimum absolute atomic E-state index is 0.00196. The van der Waals surface area contributed by atoms with Crippen molar-refractivity contribution in [2.75, 3.05) is 13.2 Å². The third-order valence-electron chi connectivity index (χ3n) is 4.65. The maximum absolute atomic E-state index is 12.9. The Balaban J connectivity index is 1.49. The van der Waals surface area contributed by atoms with Crippen molar-refractivity contribution >= 4 is 45.1 Å². The first-order chi connectivity index (χ1) is 14.5. The van der Waals surface area contributed by atoms with E-state index in [1.165, 1.54) is 12.1 Å². The van der Waals surface area contributed by atoms with Crippen molar-refractivity contribution in [1.29, 1.82) is 0 Å². The largest absolute Gasteiger partial charge is 0.490 e. The number of carbonyl (C=O) groups excluding carboxylic acids is 3. The van der Waals surface area contributed by atoms with E-state index in [2.05, 4.69) is 15.9 Å². The standard InChI is InChI=1S/C23H14BrClO5/c24-13-5-7-14(8-6-13)29-11-12-30-23(28)18-10-9-17-19(20(18)25)22(27)16-4-2-1-3-15(16)21(17)26/h1-10H,11-12H2. The SMILES string of the molecule is O=C(OCCOc1ccc(Br)cc1)c1ccc2c(c1Cl)C(=O)c1ccccc1C2=O. The third-order valence-corrected chi connectivity index (χ3v) is 5.57. The van der Waals surface area contributed by atoms with Gasteiger partial charge in [-0.3, -0.25) is 9.59 Å². The molecule has 0 aromatic heterocycles. The van der Waals surface area contributed by atoms with Gasteiger partial charge in [0.1, 0.15) is 19.0 Å². The molecule has 30 heavy (non-hydrogen) atoms. The van der Waals surface area contributed by atoms with Gasteiger partial charge < -0.3 is 9.47 Å². The van der Waals surface area contributed by atoms with Gasteiger partial charge in [-0.2, -0.15) is 0 Å². The number of ketones is 2. The zero-order chi connectivity index (χ0) is 21.3. The van der Waals surface area contributed by atoms with Crippen molar-refractivity contribution in [2.45, 2.75) is 0 Å². The van der Waals surface area contributed by atoms with E-state index in [4.69, 9.17) is 21.1 Å². The van der Waals surface area contributed by atoms with Gasteiger partial charge in [0.2, 0.25) is 0 Å². The molecular weight excluding hydrogens is 472 g/mol. The quantitative estimate of drug-likeness (QED) is 0.290. The van der Waals surface area contributed by atoms with Gasteiger partial charge in [0, 0.05) is 21.2 Å². The van der Waals surface area contributed by atoms with Gasteiger partial charge in [0.15, 0.2) is 11.6 Å². The zero-order valence-corrected chi connectivity index (χ0v) is 17.8. The van der Waals surface area contributed by atoms with Crippen LogP contribution in [-0.4, -0.2) is 30.7 Å². The molecule has 1 aliphatic rings. The molecule has 5 nitrogen and oxygen atoms in total. The van der Waals surface area contributed by atoms with Crippen LogP contribution in [0, 0.1) is 0 Å². The van der Waals surface area contributed by atoms with Crippen molar-refractivity contribution in [3.8, 4) is 5.75 Å². The van der Waals surface area contributed by atoms with Crippen LogP contribution in [0.25, 0.3) is 0 Å². The summed E-state index contributed by atoms with van der Waals surface area (Å²) in [6.07, 6.45) is 0. The Hall–Kier alpha value is -2.96. The van der Waals surface area contributed by atoms with Crippen molar-refractivity contribution in [3.63, 3.8) is 0 Å². The fraction of sp³-hybridized carbons (Fsp3) is 0.0870. The summed E-state index contributed by atoms with van der Waals surface area (Å²) >= 11 is 9.70. The summed E-state index contributed by atoms with van der Waals surface area (Å²) in [5.74, 6) is -0.742. The first kappa shape index (κ1) is 20.3. The van der Waals surface area contributed by atoms with E-state index in [0.717, 1.165) is 4.47 Å². The van der Waals surface area contributed by atoms with E-state index in [0.29, 0.717) is 11.3 Å². The number of rotatable bonds is 5. The number of hydrogen-bond acceptors (Lipinski definition) is 5. The van der Waals surface area contributed by atoms with Crippen molar-refractivity contribution < 1.29 is 23.9 Å². The molecule has 0 amide bonds. The van der Waals surface area contributed by atoms with Crippen molar-refractivity contribution in [3.05, 3.63) is 98.0 Å². The summed E-state index contributed by atoms with van der Waals surface area (Å²) in [7, 11) is 0. The Morgan fingerprint density at radius 2 is 1.50 bits per heavy atom. The lowest BCUT2D eigenvalue weighted by molar-refractivity contribution is 0.0450. The van der Waals surface area contributed by atoms with Gasteiger partial charge in [0.05, 0.1) is 16.1 Å². The molecule has 0 N–H and O–H groups in total. The fourth-order valence-electron chi connectivity index (χ4n) is 3.21. The Kier molecular flexibility index (Phi) is 5.70. The minimum atomic E-state index is -0.693. The van der Waals surface area contributed by atoms with Crippen LogP contribution in [0.1, 0.15) is 42.2 Å². The first-order valence-corrected chi connectivity index (χ1v) is 10.2. The normalized spacial score (nSPS) is 12.2. The molecule has 0 aliphatic heterocycles. The van der Waals surface area contributed by atoms with Crippen LogP contribution in [0.3, 0.4) is 0 Å². The summed E-state index contributed by atoms with van der Waals surface area (Å²) in [4.78, 5) is 38.1. The molecule has 3 aromatic rings. The number of fused-ring (bicyclic) bond motifs is 2. The summed E-state index contributed by atoms with van der Waals surface area (Å²) in [6, 6.07) is 16.6. The van der Waals surface area contributed by atoms with Crippen LogP contribution in [0.15, 0.2) is 65.1 Å². The molecule has 4 rings (SSSR count). The van der Waals surface area contributed by atoms with E-state index < -0.39 is 11.8 Å². The lowest BCUT2D eigenvalue weighted by atomic mass is 9.83. The molecule has 0 atom stereocenters. The minimum Gasteiger partial charge on any atom is -0.490 e. The second kappa shape index (κ2) is 8.42. The lowest BCUT2D eigenvalue weighted by Gasteiger charge is -2.19. The van der Waals surface area contributed by atoms with Crippen molar-refractivity contribution in [1.82, 2.24) is 0 Å². The molecule has 150 valence electrons. The average molecular weight is 486 g/mol. The highest BCUT2D eigenvalue weighted by Gasteiger charge is 2.33. The number of ether oxygens (including phenoxy) is 2. The predicted molar refractivity (Wildman–Crippen MR) is 115 cm³/mol. The van der Waals surface area contributed by atoms with E-state index in [-0.39, 0.29) is 46.3 Å². The molecule has 0 saturated heterocycles. The van der Waals surface area contributed by atoms with Crippen LogP contribution in [0.5, 0.6) is 5.75 Å². The fourth-order valence-corrected chi connectivity index (χ4v) is 3.80. The molecule has 0 radical (unpaired) electrons. The highest BCUT2D eigenvalue weighted by molar-refractivity contribution is 9.10. The number of halogens is 2. The van der Waals surface area contributed by atoms with Crippen LogP contribution in [-0.2, 0) is 4.74 Å². The van der Waals surface area contributed by atoms with E-state index >= 15 is 0 Å². The van der Waals surface area contributed by atoms with E-state index in [1.54, 1.807) is 36.4 Å². The van der Waals surface area contributed by atoms with Crippen molar-refractivity contribution in [2.24, 2.45) is 0 Å². The van der Waals surface area contributed by atoms with Gasteiger partial charge >= 0.3 is 5.97 Å². The maximum Gasteiger partial charge on any atom is 0.339 e. The highest BCUT2D eigenvalue weighted by atomic mass is 79.9. The van der Waals surface area contributed by atoms with Crippen LogP contribution in [0.4, 0.5) is 0 Å². The third kappa shape index (κ3) is 3.76. The summed E-state index contributed by atoms with van der Waals surface area (Å²) in [6.45, 7) is 0.152. The summed E-state index contributed by atoms with van der Waals surface area (Å²) < 4.78 is 11.7. The average Bonchev–Trinajstić information content (AvgIpc) is 2.76. The van der Waals surface area contributed by atoms with Gasteiger partial charge in [-0.1, -0.05) is 51.8 Å².